The van der Waals surface area contributed by atoms with Crippen molar-refractivity contribution in [3.8, 4) is 23.0 Å². The van der Waals surface area contributed by atoms with E-state index in [2.05, 4.69) is 0 Å². The van der Waals surface area contributed by atoms with Crippen molar-refractivity contribution in [2.45, 2.75) is 210 Å². The third kappa shape index (κ3) is 24.9. The Labute approximate surface area is 564 Å². The van der Waals surface area contributed by atoms with Crippen molar-refractivity contribution in [1.29, 1.82) is 0 Å². The number of carbonyl (C=O) groups is 7. The molecule has 3 fully saturated rings. The maximum absolute atomic E-state index is 15.3. The smallest absolute Gasteiger partial charge is 0.410 e. The summed E-state index contributed by atoms with van der Waals surface area (Å²) >= 11 is 0. The van der Waals surface area contributed by atoms with Crippen LogP contribution in [0.1, 0.15) is 172 Å². The number of benzene rings is 3. The Balaban J connectivity index is 1.34. The number of rotatable bonds is 23. The first kappa shape index (κ1) is 76.6. The molecule has 6 rings (SSSR count). The first-order chi connectivity index (χ1) is 43.9. The van der Waals surface area contributed by atoms with Crippen LogP contribution >= 0.6 is 0 Å². The van der Waals surface area contributed by atoms with Gasteiger partial charge in [0.25, 0.3) is 0 Å². The SMILES string of the molecule is COc1cc(CC(=O)N(CCOc2cc(C[C@H](C(=O)OC(C)(C)C)[C@H]3CCN(C(=O)OC(C)(C)C)C3)cc(OC)c2)Cc2cc(C[C@H](C(=O)OC(C)(C)C)[C@H]3CCN(C(=O)OC(C)(C)C)C3)cc(OC)c2)cc(C[C@H](C(=O)OC(C)(C)C)[C@H]2CCN(C(=O)OC(C)(C)C)C2)c1. The van der Waals surface area contributed by atoms with E-state index in [1.165, 1.54) is 0 Å². The van der Waals surface area contributed by atoms with Crippen LogP contribution in [0.2, 0.25) is 0 Å². The average Bonchev–Trinajstić information content (AvgIpc) is 1.80. The Hall–Kier alpha value is -7.45. The number of carbonyl (C=O) groups excluding carboxylic acids is 7. The zero-order valence-corrected chi connectivity index (χ0v) is 60.7. The fraction of sp³-hybridized carbons (Fsp3) is 0.662. The van der Waals surface area contributed by atoms with Crippen LogP contribution in [-0.2, 0) is 79.8 Å². The molecule has 21 heteroatoms. The van der Waals surface area contributed by atoms with Crippen LogP contribution < -0.4 is 18.9 Å². The molecule has 3 aliphatic rings. The van der Waals surface area contributed by atoms with Gasteiger partial charge < -0.3 is 67.0 Å². The molecule has 0 aromatic heterocycles. The summed E-state index contributed by atoms with van der Waals surface area (Å²) in [5, 5.41) is 0. The summed E-state index contributed by atoms with van der Waals surface area (Å²) in [4.78, 5) is 104. The highest BCUT2D eigenvalue weighted by Gasteiger charge is 2.43. The molecule has 0 aliphatic carbocycles. The normalized spacial score (nSPS) is 18.1. The Bertz CT molecular complexity index is 3160. The second kappa shape index (κ2) is 31.6. The van der Waals surface area contributed by atoms with Crippen LogP contribution in [0.15, 0.2) is 54.6 Å². The van der Waals surface area contributed by atoms with Crippen molar-refractivity contribution in [3.63, 3.8) is 0 Å². The summed E-state index contributed by atoms with van der Waals surface area (Å²) in [6.45, 7) is 35.1. The van der Waals surface area contributed by atoms with Gasteiger partial charge in [0.15, 0.2) is 0 Å². The predicted octanol–water partition coefficient (Wildman–Crippen LogP) is 12.6. The van der Waals surface area contributed by atoms with Gasteiger partial charge in [-0.15, -0.1) is 0 Å². The molecule has 0 unspecified atom stereocenters. The lowest BCUT2D eigenvalue weighted by atomic mass is 9.85. The van der Waals surface area contributed by atoms with E-state index in [0.717, 1.165) is 16.7 Å². The third-order valence-electron chi connectivity index (χ3n) is 16.2. The van der Waals surface area contributed by atoms with Crippen LogP contribution in [-0.4, -0.2) is 169 Å². The van der Waals surface area contributed by atoms with Crippen LogP contribution in [0.3, 0.4) is 0 Å². The third-order valence-corrected chi connectivity index (χ3v) is 16.2. The minimum atomic E-state index is -0.788. The summed E-state index contributed by atoms with van der Waals surface area (Å²) in [6.07, 6.45) is 0.986. The van der Waals surface area contributed by atoms with E-state index in [1.807, 2.05) is 167 Å². The summed E-state index contributed by atoms with van der Waals surface area (Å²) in [6, 6.07) is 16.7. The van der Waals surface area contributed by atoms with Gasteiger partial charge in [-0.05, 0) is 245 Å². The fourth-order valence-corrected chi connectivity index (χ4v) is 12.2. The highest BCUT2D eigenvalue weighted by Crippen LogP contribution is 2.37. The Kier molecular flexibility index (Phi) is 25.5. The van der Waals surface area contributed by atoms with Crippen LogP contribution in [0, 0.1) is 35.5 Å². The van der Waals surface area contributed by atoms with E-state index in [4.69, 9.17) is 47.4 Å². The van der Waals surface area contributed by atoms with E-state index in [1.54, 1.807) is 53.1 Å². The topological polar surface area (TPSA) is 225 Å². The number of esters is 3. The fourth-order valence-electron chi connectivity index (χ4n) is 12.2. The maximum atomic E-state index is 15.3. The molecule has 21 nitrogen and oxygen atoms in total. The zero-order valence-electron chi connectivity index (χ0n) is 60.7. The number of nitrogens with zero attached hydrogens (tertiary/aromatic N) is 4. The van der Waals surface area contributed by atoms with Gasteiger partial charge in [0.1, 0.15) is 63.2 Å². The molecule has 0 saturated carbocycles. The lowest BCUT2D eigenvalue weighted by molar-refractivity contribution is -0.163. The van der Waals surface area contributed by atoms with Crippen LogP contribution in [0.4, 0.5) is 14.4 Å². The van der Waals surface area contributed by atoms with Gasteiger partial charge in [-0.25, -0.2) is 14.4 Å². The zero-order chi connectivity index (χ0) is 70.8. The van der Waals surface area contributed by atoms with Crippen molar-refractivity contribution in [2.24, 2.45) is 35.5 Å². The second-order valence-corrected chi connectivity index (χ2v) is 31.7. The van der Waals surface area contributed by atoms with Gasteiger partial charge >= 0.3 is 36.2 Å². The molecule has 0 radical (unpaired) electrons. The summed E-state index contributed by atoms with van der Waals surface area (Å²) in [7, 11) is 4.65. The molecular formula is C74H110N4O17. The van der Waals surface area contributed by atoms with Crippen molar-refractivity contribution in [3.05, 3.63) is 82.4 Å². The summed E-state index contributed by atoms with van der Waals surface area (Å²) < 4.78 is 59.4. The summed E-state index contributed by atoms with van der Waals surface area (Å²) in [5.41, 5.74) is -0.889. The number of methoxy groups -OCH3 is 3. The molecule has 3 aliphatic heterocycles. The molecule has 95 heavy (non-hydrogen) atoms. The van der Waals surface area contributed by atoms with Gasteiger partial charge in [0.05, 0.1) is 52.0 Å². The molecule has 0 bridgehead atoms. The molecule has 3 saturated heterocycles. The minimum Gasteiger partial charge on any atom is -0.497 e. The van der Waals surface area contributed by atoms with Crippen molar-refractivity contribution < 1.29 is 80.9 Å². The quantitative estimate of drug-likeness (QED) is 0.0635. The minimum absolute atomic E-state index is 0.0112. The van der Waals surface area contributed by atoms with Gasteiger partial charge in [0, 0.05) is 51.9 Å². The molecule has 4 amide bonds. The lowest BCUT2D eigenvalue weighted by Gasteiger charge is -2.29. The van der Waals surface area contributed by atoms with E-state index in [-0.39, 0.29) is 75.0 Å². The number of hydrogen-bond donors (Lipinski definition) is 0. The largest absolute Gasteiger partial charge is 0.497 e. The molecule has 3 aromatic carbocycles. The van der Waals surface area contributed by atoms with E-state index in [0.29, 0.717) is 92.7 Å². The number of amides is 4. The van der Waals surface area contributed by atoms with Crippen LogP contribution in [0.5, 0.6) is 23.0 Å². The monoisotopic (exact) mass is 1330 g/mol. The first-order valence-electron chi connectivity index (χ1n) is 33.5. The standard InChI is InChI=1S/C74H110N4O17/c1-69(2,3)90-63(80)59(52-22-25-76(44-52)66(83)93-72(10,11)12)38-47-30-49(34-55(32-47)86-19)41-62(79)75(43-51-31-48(33-56(37-51)87-20)39-60(64(81)91-70(4,5)6)53-23-26-77(45-53)67(84)94-73(13,14)15)28-29-89-58-36-50(35-57(42-58)88-21)40-61(65(82)92-71(7,8)9)54-24-27-78(46-54)68(85)95-74(16,17)18/h30-37,42,52-54,59-61H,22-29,38-41,43-46H2,1-21H3/t52-,53-,54-,59-,60-,61-/m0/s1. The lowest BCUT2D eigenvalue weighted by Crippen LogP contribution is -2.38. The maximum Gasteiger partial charge on any atom is 0.410 e. The van der Waals surface area contributed by atoms with Crippen molar-refractivity contribution in [1.82, 2.24) is 19.6 Å². The number of hydrogen-bond acceptors (Lipinski definition) is 17. The Morgan fingerprint density at radius 2 is 0.695 bits per heavy atom. The van der Waals surface area contributed by atoms with E-state index in [9.17, 15) is 28.8 Å². The van der Waals surface area contributed by atoms with Gasteiger partial charge in [0.2, 0.25) is 5.91 Å². The molecule has 528 valence electrons. The van der Waals surface area contributed by atoms with E-state index >= 15 is 4.79 Å². The first-order valence-corrected chi connectivity index (χ1v) is 33.5. The molecule has 0 spiro atoms. The highest BCUT2D eigenvalue weighted by molar-refractivity contribution is 5.80. The van der Waals surface area contributed by atoms with Gasteiger partial charge in [-0.3, -0.25) is 19.2 Å². The Morgan fingerprint density at radius 1 is 0.400 bits per heavy atom. The van der Waals surface area contributed by atoms with Crippen molar-refractivity contribution >= 4 is 42.1 Å². The number of ether oxygens (including phenoxy) is 10. The van der Waals surface area contributed by atoms with Gasteiger partial charge in [-0.2, -0.15) is 0 Å². The predicted molar refractivity (Wildman–Crippen MR) is 360 cm³/mol. The average molecular weight is 1330 g/mol. The van der Waals surface area contributed by atoms with Gasteiger partial charge in [-0.1, -0.05) is 12.1 Å². The second-order valence-electron chi connectivity index (χ2n) is 31.7. The highest BCUT2D eigenvalue weighted by atomic mass is 16.6. The molecule has 3 heterocycles. The molecule has 3 aromatic rings. The Morgan fingerprint density at radius 3 is 1.03 bits per heavy atom. The van der Waals surface area contributed by atoms with Crippen LogP contribution in [0.25, 0.3) is 0 Å². The number of likely N-dealkylation sites (tertiary alicyclic amines) is 3. The molecule has 0 N–H and O–H groups in total. The summed E-state index contributed by atoms with van der Waals surface area (Å²) in [5.74, 6) is -2.23. The van der Waals surface area contributed by atoms with E-state index < -0.39 is 81.6 Å². The van der Waals surface area contributed by atoms with Crippen molar-refractivity contribution in [2.75, 3.05) is 73.7 Å². The molecular weight excluding hydrogens is 1220 g/mol. The molecule has 6 atom stereocenters.